The van der Waals surface area contributed by atoms with Crippen molar-refractivity contribution >= 4 is 35.1 Å². The van der Waals surface area contributed by atoms with Gasteiger partial charge >= 0.3 is 0 Å². The molecule has 1 aliphatic heterocycles. The van der Waals surface area contributed by atoms with E-state index in [1.165, 1.54) is 0 Å². The number of carbonyl (C=O) groups is 1. The summed E-state index contributed by atoms with van der Waals surface area (Å²) in [6.45, 7) is 0.933. The molecule has 1 aromatic heterocycles. The van der Waals surface area contributed by atoms with E-state index in [1.54, 1.807) is 11.8 Å². The molecular weight excluding hydrogens is 290 g/mol. The number of carbonyl (C=O) groups excluding carboxylic acids is 1. The predicted molar refractivity (Wildman–Crippen MR) is 84.6 cm³/mol. The van der Waals surface area contributed by atoms with Crippen LogP contribution in [0.4, 0.5) is 5.69 Å². The lowest BCUT2D eigenvalue weighted by atomic mass is 10.3. The fraction of sp³-hybridized carbons (Fsp3) is 0.286. The lowest BCUT2D eigenvalue weighted by Crippen LogP contribution is -2.12. The van der Waals surface area contributed by atoms with Crippen LogP contribution >= 0.6 is 23.5 Å². The van der Waals surface area contributed by atoms with Crippen LogP contribution in [-0.2, 0) is 12.3 Å². The van der Waals surface area contributed by atoms with Gasteiger partial charge in [0.25, 0.3) is 5.91 Å². The first-order valence-corrected chi connectivity index (χ1v) is 8.73. The molecule has 2 aromatic rings. The van der Waals surface area contributed by atoms with Crippen molar-refractivity contribution in [1.29, 1.82) is 0 Å². The first-order chi connectivity index (χ1) is 9.76. The summed E-state index contributed by atoms with van der Waals surface area (Å²) in [6, 6.07) is 7.82. The summed E-state index contributed by atoms with van der Waals surface area (Å²) >= 11 is 3.51. The SMILES string of the molecule is CSc1cccc(NC(=O)c2cn3c(n2)CSCC3)c1. The van der Waals surface area contributed by atoms with E-state index in [9.17, 15) is 4.79 Å². The number of fused-ring (bicyclic) bond motifs is 1. The lowest BCUT2D eigenvalue weighted by Gasteiger charge is -2.11. The standard InChI is InChI=1S/C14H15N3OS2/c1-19-11-4-2-3-10(7-11)15-14(18)12-8-17-5-6-20-9-13(17)16-12/h2-4,7-8H,5-6,9H2,1H3,(H,15,18). The highest BCUT2D eigenvalue weighted by molar-refractivity contribution is 7.98. The molecule has 1 N–H and O–H groups in total. The van der Waals surface area contributed by atoms with Gasteiger partial charge in [-0.3, -0.25) is 4.79 Å². The van der Waals surface area contributed by atoms with E-state index in [1.807, 2.05) is 48.5 Å². The Hall–Kier alpha value is -1.40. The van der Waals surface area contributed by atoms with Crippen molar-refractivity contribution in [3.05, 3.63) is 42.0 Å². The van der Waals surface area contributed by atoms with Gasteiger partial charge in [0.05, 0.1) is 5.75 Å². The molecule has 0 saturated heterocycles. The Kier molecular flexibility index (Phi) is 4.03. The Morgan fingerprint density at radius 3 is 3.20 bits per heavy atom. The van der Waals surface area contributed by atoms with Crippen molar-refractivity contribution in [3.63, 3.8) is 0 Å². The average Bonchev–Trinajstić information content (AvgIpc) is 2.91. The first kappa shape index (κ1) is 13.6. The summed E-state index contributed by atoms with van der Waals surface area (Å²) in [6.07, 6.45) is 3.87. The molecule has 0 atom stereocenters. The van der Waals surface area contributed by atoms with E-state index in [0.717, 1.165) is 34.5 Å². The van der Waals surface area contributed by atoms with Gasteiger partial charge in [0.2, 0.25) is 0 Å². The molecule has 0 bridgehead atoms. The monoisotopic (exact) mass is 305 g/mol. The van der Waals surface area contributed by atoms with E-state index in [2.05, 4.69) is 14.9 Å². The second-order valence-corrected chi connectivity index (χ2v) is 6.46. The van der Waals surface area contributed by atoms with Gasteiger partial charge in [-0.1, -0.05) is 6.07 Å². The van der Waals surface area contributed by atoms with Crippen LogP contribution < -0.4 is 5.32 Å². The number of nitrogens with zero attached hydrogens (tertiary/aromatic N) is 2. The van der Waals surface area contributed by atoms with E-state index in [0.29, 0.717) is 5.69 Å². The smallest absolute Gasteiger partial charge is 0.275 e. The third-order valence-corrected chi connectivity index (χ3v) is 4.79. The van der Waals surface area contributed by atoms with Crippen LogP contribution in [0.1, 0.15) is 16.3 Å². The van der Waals surface area contributed by atoms with Crippen molar-refractivity contribution in [1.82, 2.24) is 9.55 Å². The number of hydrogen-bond donors (Lipinski definition) is 1. The summed E-state index contributed by atoms with van der Waals surface area (Å²) < 4.78 is 2.07. The van der Waals surface area contributed by atoms with Gasteiger partial charge in [-0.25, -0.2) is 4.98 Å². The molecule has 1 aromatic carbocycles. The molecule has 6 heteroatoms. The number of aryl methyl sites for hydroxylation is 1. The first-order valence-electron chi connectivity index (χ1n) is 6.35. The summed E-state index contributed by atoms with van der Waals surface area (Å²) in [7, 11) is 0. The topological polar surface area (TPSA) is 46.9 Å². The minimum Gasteiger partial charge on any atom is -0.333 e. The molecule has 0 saturated carbocycles. The lowest BCUT2D eigenvalue weighted by molar-refractivity contribution is 0.102. The summed E-state index contributed by atoms with van der Waals surface area (Å²) in [4.78, 5) is 17.8. The number of amides is 1. The maximum Gasteiger partial charge on any atom is 0.275 e. The Morgan fingerprint density at radius 1 is 1.50 bits per heavy atom. The second-order valence-electron chi connectivity index (χ2n) is 4.47. The van der Waals surface area contributed by atoms with Crippen LogP contribution in [0.15, 0.2) is 35.4 Å². The zero-order valence-corrected chi connectivity index (χ0v) is 12.8. The quantitative estimate of drug-likeness (QED) is 0.885. The van der Waals surface area contributed by atoms with Crippen molar-refractivity contribution in [2.24, 2.45) is 0 Å². The van der Waals surface area contributed by atoms with Gasteiger partial charge < -0.3 is 9.88 Å². The number of aromatic nitrogens is 2. The maximum atomic E-state index is 12.2. The summed E-state index contributed by atoms with van der Waals surface area (Å²) in [5, 5.41) is 2.91. The number of anilines is 1. The molecule has 3 rings (SSSR count). The Labute approximate surface area is 126 Å². The summed E-state index contributed by atoms with van der Waals surface area (Å²) in [5.74, 6) is 2.81. The second kappa shape index (κ2) is 5.93. The van der Waals surface area contributed by atoms with Gasteiger partial charge in [0.15, 0.2) is 0 Å². The molecule has 0 fully saturated rings. The number of hydrogen-bond acceptors (Lipinski definition) is 4. The molecule has 0 unspecified atom stereocenters. The fourth-order valence-corrected chi connectivity index (χ4v) is 3.44. The van der Waals surface area contributed by atoms with Crippen LogP contribution in [0.2, 0.25) is 0 Å². The van der Waals surface area contributed by atoms with Crippen molar-refractivity contribution in [3.8, 4) is 0 Å². The van der Waals surface area contributed by atoms with Crippen LogP contribution in [-0.4, -0.2) is 27.5 Å². The molecule has 0 aliphatic carbocycles. The molecule has 20 heavy (non-hydrogen) atoms. The minimum absolute atomic E-state index is 0.143. The summed E-state index contributed by atoms with van der Waals surface area (Å²) in [5.41, 5.74) is 1.30. The molecule has 1 aliphatic rings. The third-order valence-electron chi connectivity index (χ3n) is 3.13. The number of rotatable bonds is 3. The molecule has 2 heterocycles. The van der Waals surface area contributed by atoms with Gasteiger partial charge in [-0.05, 0) is 24.5 Å². The minimum atomic E-state index is -0.143. The molecule has 0 spiro atoms. The van der Waals surface area contributed by atoms with Crippen molar-refractivity contribution in [2.45, 2.75) is 17.2 Å². The zero-order chi connectivity index (χ0) is 13.9. The Morgan fingerprint density at radius 2 is 2.40 bits per heavy atom. The van der Waals surface area contributed by atoms with Gasteiger partial charge in [0, 0.05) is 29.1 Å². The van der Waals surface area contributed by atoms with Gasteiger partial charge in [0.1, 0.15) is 11.5 Å². The molecule has 4 nitrogen and oxygen atoms in total. The van der Waals surface area contributed by atoms with E-state index < -0.39 is 0 Å². The molecule has 104 valence electrons. The third kappa shape index (κ3) is 2.86. The maximum absolute atomic E-state index is 12.2. The molecule has 0 radical (unpaired) electrons. The highest BCUT2D eigenvalue weighted by atomic mass is 32.2. The van der Waals surface area contributed by atoms with Crippen LogP contribution in [0.5, 0.6) is 0 Å². The van der Waals surface area contributed by atoms with E-state index in [4.69, 9.17) is 0 Å². The van der Waals surface area contributed by atoms with Crippen LogP contribution in [0.25, 0.3) is 0 Å². The number of imidazole rings is 1. The largest absolute Gasteiger partial charge is 0.333 e. The number of thioether (sulfide) groups is 2. The van der Waals surface area contributed by atoms with Crippen LogP contribution in [0.3, 0.4) is 0 Å². The van der Waals surface area contributed by atoms with E-state index in [-0.39, 0.29) is 5.91 Å². The van der Waals surface area contributed by atoms with Gasteiger partial charge in [-0.15, -0.1) is 11.8 Å². The number of nitrogens with one attached hydrogen (secondary N) is 1. The van der Waals surface area contributed by atoms with E-state index >= 15 is 0 Å². The highest BCUT2D eigenvalue weighted by Gasteiger charge is 2.17. The Bertz CT molecular complexity index is 616. The zero-order valence-electron chi connectivity index (χ0n) is 11.1. The Balaban J connectivity index is 1.77. The normalized spacial score (nSPS) is 13.8. The fourth-order valence-electron chi connectivity index (χ4n) is 2.09. The molecular formula is C14H15N3OS2. The average molecular weight is 305 g/mol. The molecule has 1 amide bonds. The van der Waals surface area contributed by atoms with Gasteiger partial charge in [-0.2, -0.15) is 11.8 Å². The highest BCUT2D eigenvalue weighted by Crippen LogP contribution is 2.21. The van der Waals surface area contributed by atoms with Crippen molar-refractivity contribution in [2.75, 3.05) is 17.3 Å². The van der Waals surface area contributed by atoms with Crippen molar-refractivity contribution < 1.29 is 4.79 Å². The predicted octanol–water partition coefficient (Wildman–Crippen LogP) is 3.10. The van der Waals surface area contributed by atoms with Crippen LogP contribution in [0, 0.1) is 0 Å². The number of benzene rings is 1.